The lowest BCUT2D eigenvalue weighted by atomic mass is 10.1. The molecule has 2 aliphatic heterocycles. The lowest BCUT2D eigenvalue weighted by Gasteiger charge is -2.12. The molecule has 3 aromatic rings. The molecule has 0 bridgehead atoms. The highest BCUT2D eigenvalue weighted by Gasteiger charge is 2.06. The van der Waals surface area contributed by atoms with Gasteiger partial charge in [-0.05, 0) is 30.5 Å². The number of hydrogen-bond acceptors (Lipinski definition) is 9. The van der Waals surface area contributed by atoms with Gasteiger partial charge in [0, 0.05) is 49.7 Å². The Bertz CT molecular complexity index is 1220. The zero-order valence-corrected chi connectivity index (χ0v) is 18.2. The van der Waals surface area contributed by atoms with Crippen molar-refractivity contribution in [2.24, 2.45) is 20.2 Å². The second-order valence-electron chi connectivity index (χ2n) is 7.74. The fourth-order valence-corrected chi connectivity index (χ4v) is 3.52. The summed E-state index contributed by atoms with van der Waals surface area (Å²) in [4.78, 5) is 13.4. The second kappa shape index (κ2) is 9.94. The Kier molecular flexibility index (Phi) is 6.23. The van der Waals surface area contributed by atoms with Crippen LogP contribution in [0.5, 0.6) is 0 Å². The number of aliphatic imine (C=N–C) groups is 2. The summed E-state index contributed by atoms with van der Waals surface area (Å²) in [5, 5.41) is 14.9. The predicted molar refractivity (Wildman–Crippen MR) is 132 cm³/mol. The number of nitrogens with zero attached hydrogens (tertiary/aromatic N) is 6. The lowest BCUT2D eigenvalue weighted by Crippen LogP contribution is -2.38. The number of pyridine rings is 1. The van der Waals surface area contributed by atoms with E-state index in [-0.39, 0.29) is 0 Å². The monoisotopic (exact) mass is 442 g/mol. The van der Waals surface area contributed by atoms with Gasteiger partial charge in [-0.2, -0.15) is 10.2 Å². The van der Waals surface area contributed by atoms with Crippen molar-refractivity contribution >= 4 is 30.0 Å². The molecule has 0 saturated heterocycles. The van der Waals surface area contributed by atoms with Crippen LogP contribution < -0.4 is 21.5 Å². The van der Waals surface area contributed by atoms with Gasteiger partial charge in [0.2, 0.25) is 11.9 Å². The highest BCUT2D eigenvalue weighted by Crippen LogP contribution is 2.19. The zero-order chi connectivity index (χ0) is 22.3. The molecule has 4 N–H and O–H groups in total. The molecule has 4 heterocycles. The van der Waals surface area contributed by atoms with Crippen molar-refractivity contribution in [1.29, 1.82) is 0 Å². The Hall–Kier alpha value is -4.21. The van der Waals surface area contributed by atoms with E-state index in [1.165, 1.54) is 0 Å². The average molecular weight is 443 g/mol. The lowest BCUT2D eigenvalue weighted by molar-refractivity contribution is 0.712. The van der Waals surface area contributed by atoms with Crippen molar-refractivity contribution in [2.75, 3.05) is 26.2 Å². The van der Waals surface area contributed by atoms with Crippen LogP contribution in [-0.4, -0.2) is 59.9 Å². The fourth-order valence-electron chi connectivity index (χ4n) is 3.52. The van der Waals surface area contributed by atoms with Gasteiger partial charge in [-0.15, -0.1) is 0 Å². The van der Waals surface area contributed by atoms with Crippen molar-refractivity contribution in [1.82, 2.24) is 30.9 Å². The summed E-state index contributed by atoms with van der Waals surface area (Å²) in [6.45, 7) is 3.50. The molecule has 0 aliphatic carbocycles. The van der Waals surface area contributed by atoms with E-state index in [1.54, 1.807) is 12.4 Å². The van der Waals surface area contributed by atoms with Crippen molar-refractivity contribution in [3.63, 3.8) is 0 Å². The molecule has 0 saturated carbocycles. The summed E-state index contributed by atoms with van der Waals surface area (Å²) in [6, 6.07) is 12.1. The van der Waals surface area contributed by atoms with E-state index in [2.05, 4.69) is 41.7 Å². The third-order valence-corrected chi connectivity index (χ3v) is 5.24. The number of fused-ring (bicyclic) bond motifs is 1. The van der Waals surface area contributed by atoms with Gasteiger partial charge in [-0.1, -0.05) is 24.3 Å². The summed E-state index contributed by atoms with van der Waals surface area (Å²) in [6.07, 6.45) is 9.68. The van der Waals surface area contributed by atoms with Gasteiger partial charge >= 0.3 is 0 Å². The van der Waals surface area contributed by atoms with Gasteiger partial charge in [0.1, 0.15) is 5.65 Å². The summed E-state index contributed by atoms with van der Waals surface area (Å²) in [7, 11) is 0. The van der Waals surface area contributed by atoms with E-state index < -0.39 is 0 Å². The molecule has 2 aromatic heterocycles. The van der Waals surface area contributed by atoms with E-state index in [9.17, 15) is 0 Å². The van der Waals surface area contributed by atoms with Gasteiger partial charge in [0.05, 0.1) is 18.1 Å². The first-order valence-corrected chi connectivity index (χ1v) is 11.1. The number of benzene rings is 1. The van der Waals surface area contributed by atoms with Crippen LogP contribution in [0, 0.1) is 0 Å². The van der Waals surface area contributed by atoms with Crippen LogP contribution in [0.4, 0.5) is 0 Å². The molecule has 10 nitrogen and oxygen atoms in total. The van der Waals surface area contributed by atoms with Crippen molar-refractivity contribution in [3.8, 4) is 11.3 Å². The molecule has 0 amide bonds. The molecule has 1 aromatic carbocycles. The van der Waals surface area contributed by atoms with Crippen LogP contribution in [-0.2, 0) is 0 Å². The maximum absolute atomic E-state index is 4.73. The number of rotatable bonds is 5. The summed E-state index contributed by atoms with van der Waals surface area (Å²) >= 11 is 0. The van der Waals surface area contributed by atoms with Gasteiger partial charge in [0.25, 0.3) is 0 Å². The normalized spacial score (nSPS) is 16.4. The first kappa shape index (κ1) is 20.7. The summed E-state index contributed by atoms with van der Waals surface area (Å²) < 4.78 is 2.00. The predicted octanol–water partition coefficient (Wildman–Crippen LogP) is 1.55. The van der Waals surface area contributed by atoms with Gasteiger partial charge in [0.15, 0.2) is 0 Å². The molecule has 10 heteroatoms. The number of guanidine groups is 2. The van der Waals surface area contributed by atoms with Crippen molar-refractivity contribution < 1.29 is 0 Å². The third kappa shape index (κ3) is 5.35. The minimum absolute atomic E-state index is 0.715. The Morgan fingerprint density at radius 3 is 2.06 bits per heavy atom. The van der Waals surface area contributed by atoms with Crippen molar-refractivity contribution in [3.05, 3.63) is 59.9 Å². The van der Waals surface area contributed by atoms with Crippen molar-refractivity contribution in [2.45, 2.75) is 12.8 Å². The molecule has 0 fully saturated rings. The standard InChI is InChI=1S/C23H26N10/c1-9-24-22(25-10-1)31-28-13-17-3-6-19(7-4-17)20-16-33-15-18(5-8-21(33)30-20)14-29-32-23-26-11-2-12-27-23/h3-8,13-16H,1-2,9-12H2,(H2,24,25,31)(H2,26,27,32)/b28-13+,29-14+. The smallest absolute Gasteiger partial charge is 0.212 e. The Morgan fingerprint density at radius 1 is 0.788 bits per heavy atom. The quantitative estimate of drug-likeness (QED) is 0.354. The Labute approximate surface area is 191 Å². The number of aromatic nitrogens is 2. The first-order valence-electron chi connectivity index (χ1n) is 11.1. The maximum atomic E-state index is 4.73. The molecule has 0 unspecified atom stereocenters. The van der Waals surface area contributed by atoms with E-state index in [1.807, 2.05) is 53.2 Å². The molecular weight excluding hydrogens is 416 g/mol. The SMILES string of the molecule is C(=N\NC1=NCCCN1)/c1ccc(-c2cn3cc(/C=N/NC4=NCCCN4)ccc3n2)cc1. The number of imidazole rings is 1. The van der Waals surface area contributed by atoms with Crippen LogP contribution >= 0.6 is 0 Å². The van der Waals surface area contributed by atoms with Crippen LogP contribution in [0.1, 0.15) is 24.0 Å². The van der Waals surface area contributed by atoms with E-state index >= 15 is 0 Å². The molecule has 0 radical (unpaired) electrons. The van der Waals surface area contributed by atoms with Crippen LogP contribution in [0.15, 0.2) is 69.0 Å². The summed E-state index contributed by atoms with van der Waals surface area (Å²) in [5.74, 6) is 1.44. The molecule has 0 spiro atoms. The Balaban J connectivity index is 1.23. The topological polar surface area (TPSA) is 115 Å². The molecule has 5 rings (SSSR count). The molecule has 0 atom stereocenters. The van der Waals surface area contributed by atoms with Gasteiger partial charge in [-0.3, -0.25) is 9.98 Å². The van der Waals surface area contributed by atoms with Gasteiger partial charge in [-0.25, -0.2) is 15.8 Å². The van der Waals surface area contributed by atoms with Crippen LogP contribution in [0.3, 0.4) is 0 Å². The Morgan fingerprint density at radius 2 is 1.42 bits per heavy atom. The van der Waals surface area contributed by atoms with E-state index in [0.29, 0.717) is 5.96 Å². The molecule has 33 heavy (non-hydrogen) atoms. The van der Waals surface area contributed by atoms with E-state index in [0.717, 1.165) is 73.0 Å². The highest BCUT2D eigenvalue weighted by atomic mass is 15.4. The summed E-state index contributed by atoms with van der Waals surface area (Å²) in [5.41, 5.74) is 10.7. The minimum atomic E-state index is 0.715. The number of nitrogens with one attached hydrogen (secondary N) is 4. The highest BCUT2D eigenvalue weighted by molar-refractivity contribution is 5.85. The number of hydrazone groups is 2. The van der Waals surface area contributed by atoms with Crippen LogP contribution in [0.25, 0.3) is 16.9 Å². The molecule has 168 valence electrons. The maximum Gasteiger partial charge on any atom is 0.212 e. The molecular formula is C23H26N10. The van der Waals surface area contributed by atoms with Crippen LogP contribution in [0.2, 0.25) is 0 Å². The molecule has 2 aliphatic rings. The largest absolute Gasteiger partial charge is 0.355 e. The fraction of sp³-hybridized carbons (Fsp3) is 0.261. The zero-order valence-electron chi connectivity index (χ0n) is 18.2. The third-order valence-electron chi connectivity index (χ3n) is 5.24. The first-order chi connectivity index (χ1) is 16.3. The average Bonchev–Trinajstić information content (AvgIpc) is 3.29. The second-order valence-corrected chi connectivity index (χ2v) is 7.74. The number of hydrogen-bond donors (Lipinski definition) is 4. The van der Waals surface area contributed by atoms with Gasteiger partial charge < -0.3 is 15.0 Å². The van der Waals surface area contributed by atoms with E-state index in [4.69, 9.17) is 4.98 Å². The minimum Gasteiger partial charge on any atom is -0.355 e.